The van der Waals surface area contributed by atoms with E-state index in [4.69, 9.17) is 5.11 Å². The summed E-state index contributed by atoms with van der Waals surface area (Å²) in [6.45, 7) is 2.73. The van der Waals surface area contributed by atoms with Gasteiger partial charge in [-0.15, -0.1) is 0 Å². The minimum atomic E-state index is -1.64. The first-order valence-electron chi connectivity index (χ1n) is 8.29. The van der Waals surface area contributed by atoms with Gasteiger partial charge in [-0.1, -0.05) is 0 Å². The van der Waals surface area contributed by atoms with Crippen molar-refractivity contribution in [2.75, 3.05) is 6.61 Å². The molecule has 0 aromatic heterocycles. The smallest absolute Gasteiger partial charge is 0.349 e. The monoisotopic (exact) mass is 379 g/mol. The number of aromatic nitrogens is 4. The number of aryl methyl sites for hydroxylation is 2. The van der Waals surface area contributed by atoms with Gasteiger partial charge in [0.25, 0.3) is 5.56 Å². The lowest BCUT2D eigenvalue weighted by Crippen LogP contribution is -2.42. The highest BCUT2D eigenvalue weighted by atomic mass is 16.4. The van der Waals surface area contributed by atoms with E-state index in [2.05, 4.69) is 15.0 Å². The van der Waals surface area contributed by atoms with Crippen LogP contribution < -0.4 is 11.2 Å². The molecule has 27 heavy (non-hydrogen) atoms. The van der Waals surface area contributed by atoms with Gasteiger partial charge in [0.05, 0.1) is 24.2 Å². The number of aromatic amines is 1. The molecular formula is C17H20N4O6. The van der Waals surface area contributed by atoms with Gasteiger partial charge in [-0.25, -0.2) is 9.78 Å². The number of nitrogens with zero attached hydrogens (tertiary/aromatic N) is 3. The molecule has 2 heterocycles. The zero-order valence-electron chi connectivity index (χ0n) is 14.7. The van der Waals surface area contributed by atoms with E-state index in [1.807, 2.05) is 13.8 Å². The van der Waals surface area contributed by atoms with Crippen LogP contribution in [0.5, 0.6) is 0 Å². The highest BCUT2D eigenvalue weighted by Crippen LogP contribution is 2.24. The third-order valence-corrected chi connectivity index (χ3v) is 4.57. The summed E-state index contributed by atoms with van der Waals surface area (Å²) >= 11 is 0. The summed E-state index contributed by atoms with van der Waals surface area (Å²) in [6.07, 6.45) is -4.68. The molecule has 0 saturated heterocycles. The molecule has 0 unspecified atom stereocenters. The standard InChI is InChI=1S/C17H20N4O6/c1-7-3-9-10(4-8(7)2)21(5-11(23)14(25)12(24)6-22)15-13(18-9)16(26)20-17(27)19-15/h3-4,11-12,14,22-25H,5-6H2,1-2H3,(H,20,26,27)/t11-,12+,14-/m0/s1/i17+1,19+1,20+1. The van der Waals surface area contributed by atoms with E-state index in [-0.39, 0.29) is 18.1 Å². The minimum Gasteiger partial charge on any atom is -0.394 e. The van der Waals surface area contributed by atoms with Crippen LogP contribution in [0.4, 0.5) is 0 Å². The summed E-state index contributed by atoms with van der Waals surface area (Å²) < 4.78 is 1.40. The van der Waals surface area contributed by atoms with Gasteiger partial charge in [0, 0.05) is 0 Å². The summed E-state index contributed by atoms with van der Waals surface area (Å²) in [6, 6.07) is 3.53. The molecule has 0 fully saturated rings. The van der Waals surface area contributed by atoms with Crippen molar-refractivity contribution < 1.29 is 20.4 Å². The molecule has 0 aliphatic carbocycles. The van der Waals surface area contributed by atoms with E-state index in [1.165, 1.54) is 4.57 Å². The molecule has 1 aromatic carbocycles. The fourth-order valence-electron chi connectivity index (χ4n) is 2.89. The van der Waals surface area contributed by atoms with Gasteiger partial charge < -0.3 is 25.0 Å². The van der Waals surface area contributed by atoms with Gasteiger partial charge >= 0.3 is 5.69 Å². The van der Waals surface area contributed by atoms with Gasteiger partial charge in [-0.2, -0.15) is 4.98 Å². The molecule has 3 atom stereocenters. The Morgan fingerprint density at radius 2 is 1.74 bits per heavy atom. The molecule has 0 bridgehead atoms. The van der Waals surface area contributed by atoms with Crippen molar-refractivity contribution in [3.05, 3.63) is 44.1 Å². The fraction of sp³-hybridized carbons (Fsp3) is 0.412. The topological polar surface area (TPSA) is 162 Å². The van der Waals surface area contributed by atoms with Crippen molar-refractivity contribution in [1.29, 1.82) is 0 Å². The molecule has 3 rings (SSSR count). The molecule has 10 heteroatoms. The molecule has 5 N–H and O–H groups in total. The van der Waals surface area contributed by atoms with Crippen LogP contribution in [0.1, 0.15) is 11.1 Å². The number of benzene rings is 1. The van der Waals surface area contributed by atoms with Gasteiger partial charge in [0.1, 0.15) is 18.3 Å². The molecule has 2 aliphatic rings. The second kappa shape index (κ2) is 7.16. The van der Waals surface area contributed by atoms with Crippen molar-refractivity contribution in [2.45, 2.75) is 38.7 Å². The Morgan fingerprint density at radius 3 is 2.41 bits per heavy atom. The van der Waals surface area contributed by atoms with E-state index in [0.29, 0.717) is 11.0 Å². The number of hydrogen-bond donors (Lipinski definition) is 5. The van der Waals surface area contributed by atoms with Gasteiger partial charge in [-0.05, 0) is 37.1 Å². The molecule has 144 valence electrons. The van der Waals surface area contributed by atoms with Crippen molar-refractivity contribution in [3.8, 4) is 11.5 Å². The van der Waals surface area contributed by atoms with Crippen LogP contribution in [0.15, 0.2) is 21.7 Å². The number of rotatable bonds is 5. The van der Waals surface area contributed by atoms with Crippen LogP contribution in [0, 0.1) is 13.8 Å². The SMILES string of the molecule is Cc1cc2nc3c(=O)[15nH][13c](=O)[15n]c-3n(C[C@H](O)[C@H](O)[C@H](O)CO)c2cc1C. The van der Waals surface area contributed by atoms with Crippen LogP contribution in [0.25, 0.3) is 22.6 Å². The third kappa shape index (κ3) is 3.47. The molecule has 1 aromatic rings. The van der Waals surface area contributed by atoms with Crippen molar-refractivity contribution in [2.24, 2.45) is 0 Å². The Balaban J connectivity index is 2.28. The van der Waals surface area contributed by atoms with Crippen LogP contribution >= 0.6 is 0 Å². The Bertz CT molecular complexity index is 1080. The summed E-state index contributed by atoms with van der Waals surface area (Å²) in [5.41, 5.74) is 1.11. The molecule has 0 spiro atoms. The molecular weight excluding hydrogens is 359 g/mol. The maximum Gasteiger partial charge on any atom is 0.349 e. The number of fused-ring (bicyclic) bond motifs is 2. The molecule has 0 amide bonds. The van der Waals surface area contributed by atoms with Crippen LogP contribution in [0.2, 0.25) is 0 Å². The zero-order valence-corrected chi connectivity index (χ0v) is 14.7. The highest BCUT2D eigenvalue weighted by molar-refractivity contribution is 5.81. The van der Waals surface area contributed by atoms with E-state index >= 15 is 0 Å². The van der Waals surface area contributed by atoms with E-state index < -0.39 is 36.2 Å². The first kappa shape index (κ1) is 19.1. The predicted octanol–water partition coefficient (Wildman–Crippen LogP) is -1.72. The largest absolute Gasteiger partial charge is 0.394 e. The number of nitrogens with one attached hydrogen (secondary N) is 1. The normalized spacial score (nSPS) is 15.2. The number of aliphatic hydroxyl groups excluding tert-OH is 4. The lowest BCUT2D eigenvalue weighted by Gasteiger charge is -2.25. The molecule has 10 nitrogen and oxygen atoms in total. The van der Waals surface area contributed by atoms with Crippen molar-refractivity contribution in [3.63, 3.8) is 0 Å². The Hall–Kier alpha value is -2.66. The lowest BCUT2D eigenvalue weighted by molar-refractivity contribution is -0.0802. The Kier molecular flexibility index (Phi) is 5.07. The maximum absolute atomic E-state index is 12.2. The number of aliphatic hydroxyl groups is 4. The zero-order chi connectivity index (χ0) is 19.9. The molecule has 0 radical (unpaired) electrons. The second-order valence-electron chi connectivity index (χ2n) is 6.50. The van der Waals surface area contributed by atoms with Gasteiger partial charge in [0.15, 0.2) is 11.5 Å². The number of H-pyrrole nitrogens is 1. The fourth-order valence-corrected chi connectivity index (χ4v) is 2.89. The first-order valence-corrected chi connectivity index (χ1v) is 8.29. The second-order valence-corrected chi connectivity index (χ2v) is 6.50. The Labute approximate surface area is 152 Å². The van der Waals surface area contributed by atoms with E-state index in [1.54, 1.807) is 12.1 Å². The summed E-state index contributed by atoms with van der Waals surface area (Å²) in [7, 11) is 0. The van der Waals surface area contributed by atoms with E-state index in [0.717, 1.165) is 11.1 Å². The average molecular weight is 379 g/mol. The summed E-state index contributed by atoms with van der Waals surface area (Å²) in [4.78, 5) is 34.0. The van der Waals surface area contributed by atoms with Crippen molar-refractivity contribution in [1.82, 2.24) is 19.5 Å². The maximum atomic E-state index is 12.2. The van der Waals surface area contributed by atoms with Crippen LogP contribution in [0.3, 0.4) is 0 Å². The molecule has 2 aliphatic heterocycles. The average Bonchev–Trinajstić information content (AvgIpc) is 2.62. The first-order chi connectivity index (χ1) is 12.7. The quantitative estimate of drug-likeness (QED) is 0.327. The minimum absolute atomic E-state index is 0.0516. The van der Waals surface area contributed by atoms with Gasteiger partial charge in [-0.3, -0.25) is 9.78 Å². The summed E-state index contributed by atoms with van der Waals surface area (Å²) in [5, 5.41) is 38.8. The number of hydrogen-bond acceptors (Lipinski definition) is 8. The van der Waals surface area contributed by atoms with Crippen molar-refractivity contribution >= 4 is 11.0 Å². The highest BCUT2D eigenvalue weighted by Gasteiger charge is 2.27. The Morgan fingerprint density at radius 1 is 1.07 bits per heavy atom. The van der Waals surface area contributed by atoms with Crippen LogP contribution in [-0.4, -0.2) is 64.9 Å². The van der Waals surface area contributed by atoms with Crippen LogP contribution in [-0.2, 0) is 6.54 Å². The predicted molar refractivity (Wildman–Crippen MR) is 95.6 cm³/mol. The third-order valence-electron chi connectivity index (χ3n) is 4.57. The summed E-state index contributed by atoms with van der Waals surface area (Å²) in [5.74, 6) is -0.0516. The lowest BCUT2D eigenvalue weighted by atomic mass is 10.1. The molecule has 0 saturated carbocycles. The van der Waals surface area contributed by atoms with E-state index in [9.17, 15) is 24.9 Å². The van der Waals surface area contributed by atoms with Gasteiger partial charge in [0.2, 0.25) is 0 Å².